The van der Waals surface area contributed by atoms with Crippen molar-refractivity contribution in [3.63, 3.8) is 0 Å². The van der Waals surface area contributed by atoms with Crippen LogP contribution in [0, 0.1) is 0 Å². The number of phenolic OH excluding ortho intramolecular Hbond substituents is 1. The third kappa shape index (κ3) is 3.34. The summed E-state index contributed by atoms with van der Waals surface area (Å²) in [6.07, 6.45) is 3.88. The van der Waals surface area contributed by atoms with Crippen LogP contribution < -0.4 is 5.69 Å². The monoisotopic (exact) mass is 330 g/mol. The first-order valence-corrected chi connectivity index (χ1v) is 8.23. The van der Waals surface area contributed by atoms with Crippen molar-refractivity contribution in [3.05, 3.63) is 46.1 Å². The molecule has 24 heavy (non-hydrogen) atoms. The molecule has 0 saturated heterocycles. The van der Waals surface area contributed by atoms with Gasteiger partial charge in [0.1, 0.15) is 18.1 Å². The maximum atomic E-state index is 12.4. The Balaban J connectivity index is 1.71. The number of fused-ring (bicyclic) bond motifs is 1. The van der Waals surface area contributed by atoms with Gasteiger partial charge >= 0.3 is 5.69 Å². The number of carbonyl (C=O) groups is 1. The second-order valence-electron chi connectivity index (χ2n) is 6.20. The molecule has 128 valence electrons. The summed E-state index contributed by atoms with van der Waals surface area (Å²) in [6, 6.07) is 6.90. The highest BCUT2D eigenvalue weighted by atomic mass is 16.3. The van der Waals surface area contributed by atoms with Gasteiger partial charge in [0.25, 0.3) is 0 Å². The molecule has 1 aliphatic rings. The van der Waals surface area contributed by atoms with Gasteiger partial charge in [0.2, 0.25) is 5.91 Å². The largest absolute Gasteiger partial charge is 0.508 e. The Labute approximate surface area is 140 Å². The SMILES string of the molecule is CN(Cc1ccccc1O)C(=O)Cn1nc2n(c1=O)CCCCC2. The standard InChI is InChI=1S/C17H22N4O3/c1-19(11-13-7-4-5-8-14(13)22)16(23)12-21-17(24)20-10-6-2-3-9-15(20)18-21/h4-5,7-8,22H,2-3,6,9-12H2,1H3. The summed E-state index contributed by atoms with van der Waals surface area (Å²) >= 11 is 0. The number of aromatic hydroxyl groups is 1. The van der Waals surface area contributed by atoms with Crippen LogP contribution in [0.25, 0.3) is 0 Å². The molecular weight excluding hydrogens is 308 g/mol. The van der Waals surface area contributed by atoms with E-state index in [0.29, 0.717) is 12.1 Å². The molecule has 7 heteroatoms. The summed E-state index contributed by atoms with van der Waals surface area (Å²) in [7, 11) is 1.65. The molecule has 0 saturated carbocycles. The van der Waals surface area contributed by atoms with Crippen molar-refractivity contribution >= 4 is 5.91 Å². The maximum absolute atomic E-state index is 12.4. The topological polar surface area (TPSA) is 80.4 Å². The van der Waals surface area contributed by atoms with Gasteiger partial charge in [-0.3, -0.25) is 9.36 Å². The summed E-state index contributed by atoms with van der Waals surface area (Å²) in [5.74, 6) is 0.713. The average Bonchev–Trinajstić information content (AvgIpc) is 2.74. The fraction of sp³-hybridized carbons (Fsp3) is 0.471. The highest BCUT2D eigenvalue weighted by molar-refractivity contribution is 5.75. The van der Waals surface area contributed by atoms with Gasteiger partial charge in [-0.2, -0.15) is 5.10 Å². The molecule has 0 atom stereocenters. The van der Waals surface area contributed by atoms with Crippen LogP contribution in [0.2, 0.25) is 0 Å². The number of amides is 1. The molecule has 0 bridgehead atoms. The van der Waals surface area contributed by atoms with E-state index < -0.39 is 0 Å². The molecule has 2 heterocycles. The minimum absolute atomic E-state index is 0.0804. The molecule has 0 radical (unpaired) electrons. The number of benzene rings is 1. The van der Waals surface area contributed by atoms with Crippen molar-refractivity contribution in [2.24, 2.45) is 0 Å². The van der Waals surface area contributed by atoms with Crippen LogP contribution in [0.4, 0.5) is 0 Å². The lowest BCUT2D eigenvalue weighted by molar-refractivity contribution is -0.131. The van der Waals surface area contributed by atoms with Crippen molar-refractivity contribution in [1.82, 2.24) is 19.2 Å². The van der Waals surface area contributed by atoms with Gasteiger partial charge < -0.3 is 10.0 Å². The molecule has 0 unspecified atom stereocenters. The number of aryl methyl sites for hydroxylation is 1. The zero-order valence-corrected chi connectivity index (χ0v) is 13.8. The van der Waals surface area contributed by atoms with Gasteiger partial charge in [-0.1, -0.05) is 24.6 Å². The van der Waals surface area contributed by atoms with Crippen molar-refractivity contribution in [1.29, 1.82) is 0 Å². The highest BCUT2D eigenvalue weighted by Gasteiger charge is 2.19. The lowest BCUT2D eigenvalue weighted by Gasteiger charge is -2.17. The zero-order valence-electron chi connectivity index (χ0n) is 13.8. The number of phenols is 1. The Morgan fingerprint density at radius 1 is 1.29 bits per heavy atom. The van der Waals surface area contributed by atoms with Gasteiger partial charge in [0.05, 0.1) is 0 Å². The van der Waals surface area contributed by atoms with Crippen molar-refractivity contribution in [2.75, 3.05) is 7.05 Å². The Morgan fingerprint density at radius 2 is 2.08 bits per heavy atom. The van der Waals surface area contributed by atoms with Crippen molar-refractivity contribution < 1.29 is 9.90 Å². The Morgan fingerprint density at radius 3 is 2.88 bits per heavy atom. The number of hydrogen-bond donors (Lipinski definition) is 1. The minimum atomic E-state index is -0.214. The Hall–Kier alpha value is -2.57. The third-order valence-corrected chi connectivity index (χ3v) is 4.39. The number of aromatic nitrogens is 3. The van der Waals surface area contributed by atoms with E-state index in [1.165, 1.54) is 9.58 Å². The number of likely N-dealkylation sites (N-methyl/N-ethyl adjacent to an activating group) is 1. The first-order valence-electron chi connectivity index (χ1n) is 8.23. The van der Waals surface area contributed by atoms with Gasteiger partial charge in [-0.05, 0) is 18.9 Å². The van der Waals surface area contributed by atoms with E-state index in [2.05, 4.69) is 5.10 Å². The molecule has 7 nitrogen and oxygen atoms in total. The van der Waals surface area contributed by atoms with E-state index in [4.69, 9.17) is 0 Å². The quantitative estimate of drug-likeness (QED) is 0.911. The van der Waals surface area contributed by atoms with Crippen LogP contribution in [0.15, 0.2) is 29.1 Å². The molecule has 0 fully saturated rings. The average molecular weight is 330 g/mol. The van der Waals surface area contributed by atoms with Crippen molar-refractivity contribution in [3.8, 4) is 5.75 Å². The van der Waals surface area contributed by atoms with Crippen molar-refractivity contribution in [2.45, 2.75) is 45.3 Å². The van der Waals surface area contributed by atoms with E-state index in [-0.39, 0.29) is 30.4 Å². The molecule has 1 amide bonds. The predicted molar refractivity (Wildman–Crippen MR) is 88.6 cm³/mol. The molecule has 1 aromatic carbocycles. The third-order valence-electron chi connectivity index (χ3n) is 4.39. The maximum Gasteiger partial charge on any atom is 0.346 e. The fourth-order valence-corrected chi connectivity index (χ4v) is 2.97. The van der Waals surface area contributed by atoms with Crippen LogP contribution in [-0.4, -0.2) is 37.3 Å². The van der Waals surface area contributed by atoms with Gasteiger partial charge in [-0.15, -0.1) is 0 Å². The number of hydrogen-bond acceptors (Lipinski definition) is 4. The molecular formula is C17H22N4O3. The first-order chi connectivity index (χ1) is 11.6. The van der Waals surface area contributed by atoms with Gasteiger partial charge in [0.15, 0.2) is 0 Å². The van der Waals surface area contributed by atoms with Crippen LogP contribution in [0.1, 0.15) is 30.7 Å². The van der Waals surface area contributed by atoms with E-state index in [1.54, 1.807) is 29.8 Å². The number of para-hydroxylation sites is 1. The molecule has 0 spiro atoms. The molecule has 3 rings (SSSR count). The molecule has 1 aromatic heterocycles. The number of nitrogens with zero attached hydrogens (tertiary/aromatic N) is 4. The number of rotatable bonds is 4. The van der Waals surface area contributed by atoms with Gasteiger partial charge in [-0.25, -0.2) is 9.48 Å². The van der Waals surface area contributed by atoms with Crippen LogP contribution in [0.3, 0.4) is 0 Å². The summed E-state index contributed by atoms with van der Waals surface area (Å²) < 4.78 is 2.94. The fourth-order valence-electron chi connectivity index (χ4n) is 2.97. The highest BCUT2D eigenvalue weighted by Crippen LogP contribution is 2.17. The molecule has 1 aliphatic heterocycles. The molecule has 2 aromatic rings. The predicted octanol–water partition coefficient (Wildman–Crippen LogP) is 1.14. The first kappa shape index (κ1) is 16.3. The van der Waals surface area contributed by atoms with Crippen LogP contribution in [-0.2, 0) is 30.8 Å². The lowest BCUT2D eigenvalue weighted by atomic mass is 10.2. The summed E-state index contributed by atoms with van der Waals surface area (Å²) in [4.78, 5) is 26.3. The zero-order chi connectivity index (χ0) is 17.1. The van der Waals surface area contributed by atoms with E-state index in [9.17, 15) is 14.7 Å². The van der Waals surface area contributed by atoms with E-state index in [1.807, 2.05) is 6.07 Å². The minimum Gasteiger partial charge on any atom is -0.508 e. The van der Waals surface area contributed by atoms with Gasteiger partial charge in [0, 0.05) is 32.1 Å². The molecule has 0 aliphatic carbocycles. The Bertz CT molecular complexity index is 793. The second kappa shape index (κ2) is 6.90. The molecule has 1 N–H and O–H groups in total. The number of carbonyl (C=O) groups excluding carboxylic acids is 1. The van der Waals surface area contributed by atoms with Crippen LogP contribution in [0.5, 0.6) is 5.75 Å². The normalized spacial score (nSPS) is 14.0. The summed E-state index contributed by atoms with van der Waals surface area (Å²) in [5, 5.41) is 14.1. The summed E-state index contributed by atoms with van der Waals surface area (Å²) in [6.45, 7) is 0.882. The lowest BCUT2D eigenvalue weighted by Crippen LogP contribution is -2.34. The smallest absolute Gasteiger partial charge is 0.346 e. The van der Waals surface area contributed by atoms with E-state index in [0.717, 1.165) is 31.5 Å². The second-order valence-corrected chi connectivity index (χ2v) is 6.20. The van der Waals surface area contributed by atoms with E-state index >= 15 is 0 Å². The summed E-state index contributed by atoms with van der Waals surface area (Å²) in [5.41, 5.74) is 0.456. The van der Waals surface area contributed by atoms with Crippen LogP contribution >= 0.6 is 0 Å². The Kier molecular flexibility index (Phi) is 4.69.